The first kappa shape index (κ1) is 20.5. The lowest BCUT2D eigenvalue weighted by Gasteiger charge is -2.38. The highest BCUT2D eigenvalue weighted by Crippen LogP contribution is 2.21. The van der Waals surface area contributed by atoms with Crippen molar-refractivity contribution in [3.63, 3.8) is 0 Å². The molecule has 1 aromatic rings. The van der Waals surface area contributed by atoms with E-state index in [0.717, 1.165) is 0 Å². The van der Waals surface area contributed by atoms with E-state index in [4.69, 9.17) is 11.6 Å². The van der Waals surface area contributed by atoms with E-state index in [2.05, 4.69) is 5.32 Å². The molecule has 0 bridgehead atoms. The van der Waals surface area contributed by atoms with Gasteiger partial charge in [0, 0.05) is 56.9 Å². The predicted molar refractivity (Wildman–Crippen MR) is 99.6 cm³/mol. The molecule has 1 fully saturated rings. The van der Waals surface area contributed by atoms with E-state index in [0.29, 0.717) is 43.3 Å². The normalized spacial score (nSPS) is 16.3. The number of piperazine rings is 1. The van der Waals surface area contributed by atoms with E-state index in [1.807, 2.05) is 18.7 Å². The molecule has 0 spiro atoms. The largest absolute Gasteiger partial charge is 0.340 e. The zero-order valence-corrected chi connectivity index (χ0v) is 16.2. The average Bonchev–Trinajstić information content (AvgIpc) is 2.63. The first-order valence-electron chi connectivity index (χ1n) is 8.79. The molecule has 26 heavy (non-hydrogen) atoms. The Labute approximate surface area is 158 Å². The van der Waals surface area contributed by atoms with Gasteiger partial charge in [0.15, 0.2) is 0 Å². The molecular weight excluding hydrogens is 359 g/mol. The Kier molecular flexibility index (Phi) is 7.23. The van der Waals surface area contributed by atoms with Crippen molar-refractivity contribution in [3.05, 3.63) is 34.6 Å². The standard InChI is InChI=1S/C18H26ClFN4O2/c1-4-21-18(26)24-10-8-23(9-11-24)13(2)17(25)22(3)12-14-15(19)6-5-7-16(14)20/h5-7,13H,4,8-12H2,1-3H3,(H,21,26). The fraction of sp³-hybridized carbons (Fsp3) is 0.556. The molecule has 1 heterocycles. The quantitative estimate of drug-likeness (QED) is 0.846. The molecule has 1 aliphatic rings. The Morgan fingerprint density at radius 1 is 1.31 bits per heavy atom. The van der Waals surface area contributed by atoms with Gasteiger partial charge >= 0.3 is 6.03 Å². The van der Waals surface area contributed by atoms with Crippen LogP contribution in [0.15, 0.2) is 18.2 Å². The number of amides is 3. The van der Waals surface area contributed by atoms with Crippen molar-refractivity contribution in [2.75, 3.05) is 39.8 Å². The zero-order valence-electron chi connectivity index (χ0n) is 15.5. The molecule has 1 aromatic carbocycles. The summed E-state index contributed by atoms with van der Waals surface area (Å²) in [5, 5.41) is 3.10. The predicted octanol–water partition coefficient (Wildman–Crippen LogP) is 2.17. The lowest BCUT2D eigenvalue weighted by atomic mass is 10.1. The van der Waals surface area contributed by atoms with Crippen LogP contribution >= 0.6 is 11.6 Å². The van der Waals surface area contributed by atoms with Crippen molar-refractivity contribution in [2.45, 2.75) is 26.4 Å². The SMILES string of the molecule is CCNC(=O)N1CCN(C(C)C(=O)N(C)Cc2c(F)cccc2Cl)CC1. The first-order chi connectivity index (χ1) is 12.3. The van der Waals surface area contributed by atoms with Gasteiger partial charge in [-0.2, -0.15) is 0 Å². The van der Waals surface area contributed by atoms with Crippen LogP contribution < -0.4 is 5.32 Å². The number of likely N-dealkylation sites (N-methyl/N-ethyl adjacent to an activating group) is 1. The van der Waals surface area contributed by atoms with Crippen molar-refractivity contribution in [1.82, 2.24) is 20.0 Å². The van der Waals surface area contributed by atoms with E-state index in [-0.39, 0.29) is 24.5 Å². The number of carbonyl (C=O) groups excluding carboxylic acids is 2. The van der Waals surface area contributed by atoms with Crippen LogP contribution in [0.5, 0.6) is 0 Å². The molecule has 144 valence electrons. The Morgan fingerprint density at radius 3 is 2.54 bits per heavy atom. The van der Waals surface area contributed by atoms with Gasteiger partial charge in [0.05, 0.1) is 6.04 Å². The molecule has 1 N–H and O–H groups in total. The molecule has 1 atom stereocenters. The number of urea groups is 1. The third-order valence-electron chi connectivity index (χ3n) is 4.67. The third kappa shape index (κ3) is 4.86. The Morgan fingerprint density at radius 2 is 1.96 bits per heavy atom. The number of benzene rings is 1. The Bertz CT molecular complexity index is 630. The maximum Gasteiger partial charge on any atom is 0.317 e. The highest BCUT2D eigenvalue weighted by Gasteiger charge is 2.29. The minimum absolute atomic E-state index is 0.0718. The van der Waals surface area contributed by atoms with Gasteiger partial charge in [-0.15, -0.1) is 0 Å². The molecule has 0 aromatic heterocycles. The number of carbonyl (C=O) groups is 2. The molecule has 1 aliphatic heterocycles. The average molecular weight is 385 g/mol. The molecule has 0 radical (unpaired) electrons. The van der Waals surface area contributed by atoms with Crippen LogP contribution in [-0.4, -0.2) is 72.5 Å². The molecule has 6 nitrogen and oxygen atoms in total. The molecule has 8 heteroatoms. The summed E-state index contributed by atoms with van der Waals surface area (Å²) in [5.41, 5.74) is 0.318. The number of nitrogens with one attached hydrogen (secondary N) is 1. The zero-order chi connectivity index (χ0) is 19.3. The highest BCUT2D eigenvalue weighted by atomic mass is 35.5. The highest BCUT2D eigenvalue weighted by molar-refractivity contribution is 6.31. The summed E-state index contributed by atoms with van der Waals surface area (Å²) in [5.74, 6) is -0.517. The van der Waals surface area contributed by atoms with Crippen LogP contribution in [0.25, 0.3) is 0 Å². The second kappa shape index (κ2) is 9.19. The minimum atomic E-state index is -0.416. The van der Waals surface area contributed by atoms with Crippen LogP contribution in [0, 0.1) is 5.82 Å². The van der Waals surface area contributed by atoms with Gasteiger partial charge < -0.3 is 15.1 Å². The van der Waals surface area contributed by atoms with Crippen LogP contribution in [0.1, 0.15) is 19.4 Å². The molecular formula is C18H26ClFN4O2. The van der Waals surface area contributed by atoms with Crippen LogP contribution in [0.4, 0.5) is 9.18 Å². The van der Waals surface area contributed by atoms with E-state index < -0.39 is 5.82 Å². The maximum atomic E-state index is 13.9. The van der Waals surface area contributed by atoms with Crippen LogP contribution in [0.2, 0.25) is 5.02 Å². The smallest absolute Gasteiger partial charge is 0.317 e. The van der Waals surface area contributed by atoms with Gasteiger partial charge in [0.2, 0.25) is 5.91 Å². The van der Waals surface area contributed by atoms with Gasteiger partial charge in [0.1, 0.15) is 5.82 Å². The molecule has 3 amide bonds. The molecule has 2 rings (SSSR count). The van der Waals surface area contributed by atoms with Crippen molar-refractivity contribution in [2.24, 2.45) is 0 Å². The van der Waals surface area contributed by atoms with Gasteiger partial charge in [0.25, 0.3) is 0 Å². The second-order valence-electron chi connectivity index (χ2n) is 6.43. The maximum absolute atomic E-state index is 13.9. The molecule has 1 saturated heterocycles. The van der Waals surface area contributed by atoms with E-state index in [1.165, 1.54) is 11.0 Å². The Balaban J connectivity index is 1.92. The van der Waals surface area contributed by atoms with Gasteiger partial charge in [-0.05, 0) is 26.0 Å². The lowest BCUT2D eigenvalue weighted by molar-refractivity contribution is -0.136. The Hall–Kier alpha value is -1.86. The van der Waals surface area contributed by atoms with Crippen molar-refractivity contribution in [3.8, 4) is 0 Å². The summed E-state index contributed by atoms with van der Waals surface area (Å²) in [6, 6.07) is 4.07. The van der Waals surface area contributed by atoms with Crippen LogP contribution in [0.3, 0.4) is 0 Å². The fourth-order valence-electron chi connectivity index (χ4n) is 3.05. The summed E-state index contributed by atoms with van der Waals surface area (Å²) in [6.45, 7) is 6.83. The topological polar surface area (TPSA) is 55.9 Å². The fourth-order valence-corrected chi connectivity index (χ4v) is 3.27. The molecule has 0 saturated carbocycles. The van der Waals surface area contributed by atoms with Crippen molar-refractivity contribution >= 4 is 23.5 Å². The first-order valence-corrected chi connectivity index (χ1v) is 9.17. The molecule has 1 unspecified atom stereocenters. The summed E-state index contributed by atoms with van der Waals surface area (Å²) in [6.07, 6.45) is 0. The molecule has 0 aliphatic carbocycles. The van der Waals surface area contributed by atoms with Crippen LogP contribution in [-0.2, 0) is 11.3 Å². The summed E-state index contributed by atoms with van der Waals surface area (Å²) < 4.78 is 13.9. The lowest BCUT2D eigenvalue weighted by Crippen LogP contribution is -2.56. The summed E-state index contributed by atoms with van der Waals surface area (Å²) in [7, 11) is 1.65. The van der Waals surface area contributed by atoms with E-state index in [9.17, 15) is 14.0 Å². The number of halogens is 2. The van der Waals surface area contributed by atoms with Gasteiger partial charge in [-0.3, -0.25) is 9.69 Å². The minimum Gasteiger partial charge on any atom is -0.340 e. The number of rotatable bonds is 5. The third-order valence-corrected chi connectivity index (χ3v) is 5.02. The van der Waals surface area contributed by atoms with Crippen molar-refractivity contribution < 1.29 is 14.0 Å². The number of hydrogen-bond acceptors (Lipinski definition) is 3. The number of hydrogen-bond donors (Lipinski definition) is 1. The number of nitrogens with zero attached hydrogens (tertiary/aromatic N) is 3. The van der Waals surface area contributed by atoms with E-state index >= 15 is 0 Å². The second-order valence-corrected chi connectivity index (χ2v) is 6.84. The van der Waals surface area contributed by atoms with Gasteiger partial charge in [-0.25, -0.2) is 9.18 Å². The van der Waals surface area contributed by atoms with Crippen molar-refractivity contribution in [1.29, 1.82) is 0 Å². The monoisotopic (exact) mass is 384 g/mol. The summed E-state index contributed by atoms with van der Waals surface area (Å²) in [4.78, 5) is 29.9. The van der Waals surface area contributed by atoms with E-state index in [1.54, 1.807) is 24.1 Å². The summed E-state index contributed by atoms with van der Waals surface area (Å²) >= 11 is 6.05. The van der Waals surface area contributed by atoms with Gasteiger partial charge in [-0.1, -0.05) is 17.7 Å².